The molecule has 80 valence electrons. The van der Waals surface area contributed by atoms with Crippen LogP contribution in [0.25, 0.3) is 15.3 Å². The van der Waals surface area contributed by atoms with Gasteiger partial charge in [0.05, 0.1) is 17.3 Å². The van der Waals surface area contributed by atoms with Gasteiger partial charge in [-0.05, 0) is 18.9 Å². The van der Waals surface area contributed by atoms with Crippen LogP contribution in [0, 0.1) is 0 Å². The minimum Gasteiger partial charge on any atom is -0.269 e. The Morgan fingerprint density at radius 1 is 1.31 bits per heavy atom. The molecule has 0 aromatic carbocycles. The highest BCUT2D eigenvalue weighted by Crippen LogP contribution is 2.33. The second-order valence-electron chi connectivity index (χ2n) is 4.04. The average molecular weight is 230 g/mol. The van der Waals surface area contributed by atoms with Crippen LogP contribution < -0.4 is 0 Å². The Kier molecular flexibility index (Phi) is 1.57. The van der Waals surface area contributed by atoms with E-state index in [4.69, 9.17) is 0 Å². The smallest absolute Gasteiger partial charge is 0.119 e. The predicted octanol–water partition coefficient (Wildman–Crippen LogP) is 2.21. The van der Waals surface area contributed by atoms with Crippen LogP contribution in [0.2, 0.25) is 0 Å². The molecule has 0 saturated carbocycles. The highest BCUT2D eigenvalue weighted by atomic mass is 32.1. The molecule has 3 aromatic rings. The van der Waals surface area contributed by atoms with E-state index < -0.39 is 0 Å². The minimum atomic E-state index is 1.07. The van der Waals surface area contributed by atoms with Crippen LogP contribution in [0.4, 0.5) is 0 Å². The molecule has 0 radical (unpaired) electrons. The van der Waals surface area contributed by atoms with Crippen LogP contribution >= 0.6 is 11.3 Å². The van der Waals surface area contributed by atoms with E-state index in [-0.39, 0.29) is 0 Å². The summed E-state index contributed by atoms with van der Waals surface area (Å²) in [5, 5.41) is 8.66. The molecule has 0 spiro atoms. The number of rotatable bonds is 1. The first-order valence-electron chi connectivity index (χ1n) is 5.40. The van der Waals surface area contributed by atoms with E-state index in [1.54, 1.807) is 11.3 Å². The molecule has 3 aromatic heterocycles. The van der Waals surface area contributed by atoms with Gasteiger partial charge in [-0.25, -0.2) is 4.52 Å². The van der Waals surface area contributed by atoms with Gasteiger partial charge in [0, 0.05) is 24.0 Å². The SMILES string of the molecule is c1cc2sc(-c3cnn4c3CCC4)cn2n1. The second kappa shape index (κ2) is 2.95. The molecule has 0 amide bonds. The van der Waals surface area contributed by atoms with E-state index >= 15 is 0 Å². The summed E-state index contributed by atoms with van der Waals surface area (Å²) in [6.07, 6.45) is 8.28. The summed E-state index contributed by atoms with van der Waals surface area (Å²) in [5.41, 5.74) is 2.66. The molecule has 1 aliphatic heterocycles. The Balaban J connectivity index is 1.93. The van der Waals surface area contributed by atoms with Crippen molar-refractivity contribution in [2.75, 3.05) is 0 Å². The van der Waals surface area contributed by atoms with Gasteiger partial charge in [0.25, 0.3) is 0 Å². The highest BCUT2D eigenvalue weighted by Gasteiger charge is 2.18. The van der Waals surface area contributed by atoms with Crippen molar-refractivity contribution < 1.29 is 0 Å². The summed E-state index contributed by atoms with van der Waals surface area (Å²) in [6, 6.07) is 2.04. The van der Waals surface area contributed by atoms with Crippen molar-refractivity contribution in [2.45, 2.75) is 19.4 Å². The summed E-state index contributed by atoms with van der Waals surface area (Å²) >= 11 is 1.77. The van der Waals surface area contributed by atoms with Crippen LogP contribution in [0.5, 0.6) is 0 Å². The number of aryl methyl sites for hydroxylation is 1. The number of aromatic nitrogens is 4. The van der Waals surface area contributed by atoms with Gasteiger partial charge in [0.1, 0.15) is 4.83 Å². The van der Waals surface area contributed by atoms with Gasteiger partial charge in [-0.15, -0.1) is 11.3 Å². The Labute approximate surface area is 96.1 Å². The van der Waals surface area contributed by atoms with Gasteiger partial charge in [-0.3, -0.25) is 4.68 Å². The van der Waals surface area contributed by atoms with Gasteiger partial charge >= 0.3 is 0 Å². The monoisotopic (exact) mass is 230 g/mol. The Morgan fingerprint density at radius 2 is 2.31 bits per heavy atom. The zero-order valence-electron chi connectivity index (χ0n) is 8.63. The van der Waals surface area contributed by atoms with Crippen molar-refractivity contribution in [1.29, 1.82) is 0 Å². The standard InChI is InChI=1S/C11H10N4S/c1-2-9-8(6-13-14(9)5-1)10-7-15-11(16-10)3-4-12-15/h3-4,6-7H,1-2,5H2. The number of nitrogens with zero attached hydrogens (tertiary/aromatic N) is 4. The lowest BCUT2D eigenvalue weighted by molar-refractivity contribution is 0.656. The summed E-state index contributed by atoms with van der Waals surface area (Å²) in [4.78, 5) is 2.46. The van der Waals surface area contributed by atoms with E-state index in [0.717, 1.165) is 13.0 Å². The van der Waals surface area contributed by atoms with Gasteiger partial charge in [0.2, 0.25) is 0 Å². The van der Waals surface area contributed by atoms with Crippen molar-refractivity contribution in [3.05, 3.63) is 30.4 Å². The number of hydrogen-bond donors (Lipinski definition) is 0. The second-order valence-corrected chi connectivity index (χ2v) is 5.10. The first-order chi connectivity index (χ1) is 7.92. The number of thiazole rings is 1. The molecule has 4 heterocycles. The maximum absolute atomic E-state index is 4.42. The van der Waals surface area contributed by atoms with Crippen LogP contribution in [-0.2, 0) is 13.0 Å². The third-order valence-corrected chi connectivity index (χ3v) is 4.16. The molecule has 4 nitrogen and oxygen atoms in total. The number of fused-ring (bicyclic) bond motifs is 2. The number of hydrogen-bond acceptors (Lipinski definition) is 3. The van der Waals surface area contributed by atoms with Crippen LogP contribution in [-0.4, -0.2) is 19.4 Å². The van der Waals surface area contributed by atoms with Crippen molar-refractivity contribution in [1.82, 2.24) is 19.4 Å². The molecule has 0 atom stereocenters. The van der Waals surface area contributed by atoms with E-state index in [1.807, 2.05) is 23.0 Å². The molecule has 1 aliphatic rings. The van der Waals surface area contributed by atoms with Crippen molar-refractivity contribution >= 4 is 16.2 Å². The lowest BCUT2D eigenvalue weighted by Gasteiger charge is -1.95. The first-order valence-corrected chi connectivity index (χ1v) is 6.22. The quantitative estimate of drug-likeness (QED) is 0.642. The van der Waals surface area contributed by atoms with Gasteiger partial charge in [-0.2, -0.15) is 10.2 Å². The Bertz CT molecular complexity index is 632. The maximum atomic E-state index is 4.42. The zero-order valence-corrected chi connectivity index (χ0v) is 9.44. The molecule has 0 saturated heterocycles. The van der Waals surface area contributed by atoms with Crippen molar-refractivity contribution in [3.63, 3.8) is 0 Å². The summed E-state index contributed by atoms with van der Waals surface area (Å²) in [6.45, 7) is 1.07. The van der Waals surface area contributed by atoms with Crippen LogP contribution in [0.3, 0.4) is 0 Å². The summed E-state index contributed by atoms with van der Waals surface area (Å²) in [7, 11) is 0. The fourth-order valence-corrected chi connectivity index (χ4v) is 3.30. The maximum Gasteiger partial charge on any atom is 0.119 e. The largest absolute Gasteiger partial charge is 0.269 e. The lowest BCUT2D eigenvalue weighted by Crippen LogP contribution is -1.92. The van der Waals surface area contributed by atoms with E-state index in [9.17, 15) is 0 Å². The van der Waals surface area contributed by atoms with Crippen LogP contribution in [0.15, 0.2) is 24.7 Å². The zero-order chi connectivity index (χ0) is 10.5. The summed E-state index contributed by atoms with van der Waals surface area (Å²) < 4.78 is 4.05. The molecule has 4 rings (SSSR count). The molecule has 0 N–H and O–H groups in total. The molecule has 5 heteroatoms. The van der Waals surface area contributed by atoms with Gasteiger partial charge in [-0.1, -0.05) is 0 Å². The minimum absolute atomic E-state index is 1.07. The Morgan fingerprint density at radius 3 is 3.25 bits per heavy atom. The molecular weight excluding hydrogens is 220 g/mol. The van der Waals surface area contributed by atoms with E-state index in [2.05, 4.69) is 21.1 Å². The van der Waals surface area contributed by atoms with E-state index in [0.29, 0.717) is 0 Å². The third-order valence-electron chi connectivity index (χ3n) is 3.09. The first kappa shape index (κ1) is 8.52. The topological polar surface area (TPSA) is 35.1 Å². The molecule has 16 heavy (non-hydrogen) atoms. The average Bonchev–Trinajstić information content (AvgIpc) is 2.95. The Hall–Kier alpha value is -1.62. The fourth-order valence-electron chi connectivity index (χ4n) is 2.32. The van der Waals surface area contributed by atoms with Gasteiger partial charge in [0.15, 0.2) is 0 Å². The van der Waals surface area contributed by atoms with Gasteiger partial charge < -0.3 is 0 Å². The predicted molar refractivity (Wildman–Crippen MR) is 62.6 cm³/mol. The fraction of sp³-hybridized carbons (Fsp3) is 0.273. The molecule has 0 unspecified atom stereocenters. The highest BCUT2D eigenvalue weighted by molar-refractivity contribution is 7.20. The molecule has 0 aliphatic carbocycles. The summed E-state index contributed by atoms with van der Waals surface area (Å²) in [5.74, 6) is 0. The molecule has 0 fully saturated rings. The third kappa shape index (κ3) is 1.03. The normalized spacial score (nSPS) is 14.8. The van der Waals surface area contributed by atoms with Crippen molar-refractivity contribution in [3.8, 4) is 10.4 Å². The molecular formula is C11H10N4S. The van der Waals surface area contributed by atoms with Crippen molar-refractivity contribution in [2.24, 2.45) is 0 Å². The molecule has 0 bridgehead atoms. The van der Waals surface area contributed by atoms with Crippen LogP contribution in [0.1, 0.15) is 12.1 Å². The van der Waals surface area contributed by atoms with E-state index in [1.165, 1.54) is 27.4 Å². The lowest BCUT2D eigenvalue weighted by atomic mass is 10.2.